The highest BCUT2D eigenvalue weighted by molar-refractivity contribution is 5.91. The van der Waals surface area contributed by atoms with Crippen LogP contribution in [0, 0.1) is 11.3 Å². The molecule has 2 aromatic rings. The first-order valence-corrected chi connectivity index (χ1v) is 11.1. The van der Waals surface area contributed by atoms with Gasteiger partial charge in [0.05, 0.1) is 23.7 Å². The number of aryl methyl sites for hydroxylation is 1. The first kappa shape index (κ1) is 20.2. The van der Waals surface area contributed by atoms with Gasteiger partial charge in [-0.3, -0.25) is 19.5 Å². The Morgan fingerprint density at radius 3 is 2.87 bits per heavy atom. The molecular weight excluding hydrogens is 394 g/mol. The molecule has 0 bridgehead atoms. The van der Waals surface area contributed by atoms with Crippen molar-refractivity contribution in [2.75, 3.05) is 19.6 Å². The van der Waals surface area contributed by atoms with Crippen molar-refractivity contribution < 1.29 is 14.8 Å². The van der Waals surface area contributed by atoms with E-state index in [-0.39, 0.29) is 11.3 Å². The SMILES string of the molecule is CCn1ncc2cc(C3=CCN(C(=O)C4NCC5(CC5)CC4C(=O)NO)CC3)ccc21. The maximum absolute atomic E-state index is 13.2. The molecule has 1 saturated carbocycles. The molecule has 8 nitrogen and oxygen atoms in total. The molecule has 1 aliphatic carbocycles. The predicted molar refractivity (Wildman–Crippen MR) is 116 cm³/mol. The van der Waals surface area contributed by atoms with E-state index >= 15 is 0 Å². The fourth-order valence-corrected chi connectivity index (χ4v) is 5.14. The highest BCUT2D eigenvalue weighted by atomic mass is 16.5. The quantitative estimate of drug-likeness (QED) is 0.516. The molecule has 1 saturated heterocycles. The van der Waals surface area contributed by atoms with Gasteiger partial charge in [-0.1, -0.05) is 12.1 Å². The summed E-state index contributed by atoms with van der Waals surface area (Å²) in [5.74, 6) is -1.05. The second-order valence-corrected chi connectivity index (χ2v) is 9.14. The van der Waals surface area contributed by atoms with Gasteiger partial charge in [-0.25, -0.2) is 5.48 Å². The van der Waals surface area contributed by atoms with Crippen molar-refractivity contribution in [3.8, 4) is 0 Å². The number of nitrogens with zero attached hydrogens (tertiary/aromatic N) is 3. The first-order chi connectivity index (χ1) is 15.0. The number of carbonyl (C=O) groups excluding carboxylic acids is 2. The van der Waals surface area contributed by atoms with Crippen molar-refractivity contribution in [1.82, 2.24) is 25.5 Å². The van der Waals surface area contributed by atoms with E-state index in [1.807, 2.05) is 15.8 Å². The Morgan fingerprint density at radius 2 is 2.19 bits per heavy atom. The molecular formula is C23H29N5O3. The lowest BCUT2D eigenvalue weighted by Gasteiger charge is -2.38. The van der Waals surface area contributed by atoms with Gasteiger partial charge in [0.2, 0.25) is 11.8 Å². The van der Waals surface area contributed by atoms with E-state index in [0.717, 1.165) is 43.3 Å². The van der Waals surface area contributed by atoms with E-state index in [4.69, 9.17) is 0 Å². The van der Waals surface area contributed by atoms with Gasteiger partial charge in [-0.2, -0.15) is 5.10 Å². The summed E-state index contributed by atoms with van der Waals surface area (Å²) < 4.78 is 1.98. The van der Waals surface area contributed by atoms with Gasteiger partial charge in [-0.05, 0) is 61.3 Å². The van der Waals surface area contributed by atoms with Crippen LogP contribution in [-0.4, -0.2) is 57.4 Å². The Bertz CT molecular complexity index is 1050. The predicted octanol–water partition coefficient (Wildman–Crippen LogP) is 1.94. The molecule has 3 heterocycles. The van der Waals surface area contributed by atoms with E-state index in [9.17, 15) is 14.8 Å². The minimum absolute atomic E-state index is 0.0564. The summed E-state index contributed by atoms with van der Waals surface area (Å²) in [6.07, 6.45) is 7.59. The van der Waals surface area contributed by atoms with Crippen molar-refractivity contribution in [3.63, 3.8) is 0 Å². The lowest BCUT2D eigenvalue weighted by atomic mass is 9.81. The summed E-state index contributed by atoms with van der Waals surface area (Å²) in [5.41, 5.74) is 5.43. The molecule has 5 rings (SSSR count). The maximum Gasteiger partial charge on any atom is 0.248 e. The van der Waals surface area contributed by atoms with Crippen LogP contribution >= 0.6 is 0 Å². The summed E-state index contributed by atoms with van der Waals surface area (Å²) in [6, 6.07) is 5.82. The molecule has 1 spiro atoms. The monoisotopic (exact) mass is 423 g/mol. The van der Waals surface area contributed by atoms with Gasteiger partial charge >= 0.3 is 0 Å². The van der Waals surface area contributed by atoms with E-state index in [0.29, 0.717) is 19.5 Å². The molecule has 3 N–H and O–H groups in total. The average molecular weight is 424 g/mol. The van der Waals surface area contributed by atoms with E-state index < -0.39 is 17.9 Å². The molecule has 2 unspecified atom stereocenters. The molecule has 164 valence electrons. The zero-order valence-electron chi connectivity index (χ0n) is 17.8. The third-order valence-corrected chi connectivity index (χ3v) is 7.26. The molecule has 2 atom stereocenters. The summed E-state index contributed by atoms with van der Waals surface area (Å²) >= 11 is 0. The van der Waals surface area contributed by atoms with Crippen LogP contribution in [0.5, 0.6) is 0 Å². The zero-order valence-corrected chi connectivity index (χ0v) is 17.8. The minimum atomic E-state index is -0.579. The number of piperidine rings is 1. The summed E-state index contributed by atoms with van der Waals surface area (Å²) in [6.45, 7) is 4.83. The summed E-state index contributed by atoms with van der Waals surface area (Å²) in [4.78, 5) is 27.3. The Kier molecular flexibility index (Phi) is 5.06. The van der Waals surface area contributed by atoms with Crippen molar-refractivity contribution in [1.29, 1.82) is 0 Å². The number of hydrogen-bond acceptors (Lipinski definition) is 5. The molecule has 0 radical (unpaired) electrons. The second-order valence-electron chi connectivity index (χ2n) is 9.14. The number of hydrogen-bond donors (Lipinski definition) is 3. The molecule has 1 aromatic heterocycles. The molecule has 2 amide bonds. The smallest absolute Gasteiger partial charge is 0.248 e. The number of amides is 2. The van der Waals surface area contributed by atoms with E-state index in [2.05, 4.69) is 41.6 Å². The average Bonchev–Trinajstić information content (AvgIpc) is 3.43. The molecule has 1 aromatic carbocycles. The standard InChI is InChI=1S/C23H29N5O3/c1-2-28-19-4-3-16(11-17(19)13-25-28)15-5-9-27(10-6-15)22(30)20-18(21(29)26-31)12-23(7-8-23)14-24-20/h3-5,11,13,18,20,24,31H,2,6-10,12,14H2,1H3,(H,26,29). The Hall–Kier alpha value is -2.71. The van der Waals surface area contributed by atoms with Crippen LogP contribution in [0.3, 0.4) is 0 Å². The van der Waals surface area contributed by atoms with Crippen LogP contribution < -0.4 is 10.8 Å². The highest BCUT2D eigenvalue weighted by Gasteiger charge is 2.52. The van der Waals surface area contributed by atoms with Crippen LogP contribution in [0.2, 0.25) is 0 Å². The lowest BCUT2D eigenvalue weighted by molar-refractivity contribution is -0.144. The Labute approximate surface area is 181 Å². The van der Waals surface area contributed by atoms with Gasteiger partial charge in [-0.15, -0.1) is 0 Å². The molecule has 2 aliphatic heterocycles. The molecule has 2 fully saturated rings. The number of benzene rings is 1. The van der Waals surface area contributed by atoms with Crippen molar-refractivity contribution in [2.24, 2.45) is 11.3 Å². The zero-order chi connectivity index (χ0) is 21.6. The maximum atomic E-state index is 13.2. The minimum Gasteiger partial charge on any atom is -0.337 e. The number of hydroxylamine groups is 1. The molecule has 8 heteroatoms. The Balaban J connectivity index is 1.30. The lowest BCUT2D eigenvalue weighted by Crippen LogP contribution is -2.59. The van der Waals surface area contributed by atoms with Gasteiger partial charge in [0.1, 0.15) is 0 Å². The number of aromatic nitrogens is 2. The summed E-state index contributed by atoms with van der Waals surface area (Å²) in [5, 5.41) is 18.0. The van der Waals surface area contributed by atoms with Crippen LogP contribution in [0.4, 0.5) is 0 Å². The number of rotatable bonds is 4. The fraction of sp³-hybridized carbons (Fsp3) is 0.522. The third-order valence-electron chi connectivity index (χ3n) is 7.26. The van der Waals surface area contributed by atoms with Crippen molar-refractivity contribution in [3.05, 3.63) is 36.0 Å². The van der Waals surface area contributed by atoms with E-state index in [1.54, 1.807) is 5.48 Å². The van der Waals surface area contributed by atoms with Gasteiger partial charge in [0, 0.05) is 31.6 Å². The van der Waals surface area contributed by atoms with Crippen LogP contribution in [0.15, 0.2) is 30.5 Å². The normalized spacial score (nSPS) is 24.8. The van der Waals surface area contributed by atoms with Crippen LogP contribution in [0.1, 0.15) is 38.2 Å². The van der Waals surface area contributed by atoms with Crippen LogP contribution in [0.25, 0.3) is 16.5 Å². The van der Waals surface area contributed by atoms with Gasteiger partial charge < -0.3 is 10.2 Å². The largest absolute Gasteiger partial charge is 0.337 e. The van der Waals surface area contributed by atoms with Crippen LogP contribution in [-0.2, 0) is 16.1 Å². The second kappa shape index (κ2) is 7.76. The highest BCUT2D eigenvalue weighted by Crippen LogP contribution is 2.52. The molecule has 3 aliphatic rings. The number of carbonyl (C=O) groups is 2. The number of fused-ring (bicyclic) bond motifs is 1. The Morgan fingerprint density at radius 1 is 1.35 bits per heavy atom. The topological polar surface area (TPSA) is 99.5 Å². The third kappa shape index (κ3) is 3.64. The fourth-order valence-electron chi connectivity index (χ4n) is 5.14. The number of nitrogens with one attached hydrogen (secondary N) is 2. The van der Waals surface area contributed by atoms with Gasteiger partial charge in [0.25, 0.3) is 0 Å². The van der Waals surface area contributed by atoms with Gasteiger partial charge in [0.15, 0.2) is 0 Å². The first-order valence-electron chi connectivity index (χ1n) is 11.1. The summed E-state index contributed by atoms with van der Waals surface area (Å²) in [7, 11) is 0. The van der Waals surface area contributed by atoms with E-state index in [1.165, 1.54) is 11.1 Å². The van der Waals surface area contributed by atoms with Crippen molar-refractivity contribution in [2.45, 2.75) is 45.2 Å². The molecule has 31 heavy (non-hydrogen) atoms. The van der Waals surface area contributed by atoms with Crippen molar-refractivity contribution >= 4 is 28.3 Å².